The summed E-state index contributed by atoms with van der Waals surface area (Å²) in [6, 6.07) is 7.87. The fourth-order valence-electron chi connectivity index (χ4n) is 1.88. The summed E-state index contributed by atoms with van der Waals surface area (Å²) in [7, 11) is 0.436. The van der Waals surface area contributed by atoms with Crippen LogP contribution in [0.2, 0.25) is 19.6 Å². The Labute approximate surface area is 115 Å². The zero-order chi connectivity index (χ0) is 14.2. The van der Waals surface area contributed by atoms with Gasteiger partial charge in [-0.2, -0.15) is 0 Å². The Morgan fingerprint density at radius 2 is 1.84 bits per heavy atom. The molecule has 2 rings (SSSR count). The Bertz CT molecular complexity index is 754. The highest BCUT2D eigenvalue weighted by atomic mass is 28.3. The predicted octanol–water partition coefficient (Wildman–Crippen LogP) is 3.08. The molecule has 0 atom stereocenters. The van der Waals surface area contributed by atoms with Crippen LogP contribution in [0.25, 0.3) is 10.8 Å². The van der Waals surface area contributed by atoms with Crippen molar-refractivity contribution in [1.82, 2.24) is 4.57 Å². The summed E-state index contributed by atoms with van der Waals surface area (Å²) in [6.07, 6.45) is 0. The molecule has 0 amide bonds. The van der Waals surface area contributed by atoms with E-state index in [0.717, 1.165) is 22.0 Å². The Kier molecular flexibility index (Phi) is 3.38. The van der Waals surface area contributed by atoms with Gasteiger partial charge in [0.25, 0.3) is 5.56 Å². The van der Waals surface area contributed by atoms with Crippen molar-refractivity contribution in [2.24, 2.45) is 7.05 Å². The lowest BCUT2D eigenvalue weighted by Gasteiger charge is -2.06. The molecule has 19 heavy (non-hydrogen) atoms. The maximum atomic E-state index is 12.1. The van der Waals surface area contributed by atoms with Crippen molar-refractivity contribution in [3.8, 4) is 11.5 Å². The normalized spacial score (nSPS) is 11.2. The third-order valence-electron chi connectivity index (χ3n) is 3.06. The number of fused-ring (bicyclic) bond motifs is 1. The quantitative estimate of drug-likeness (QED) is 0.532. The molecule has 0 fully saturated rings. The maximum Gasteiger partial charge on any atom is 0.258 e. The van der Waals surface area contributed by atoms with Crippen molar-refractivity contribution < 1.29 is 0 Å². The average Bonchev–Trinajstić information content (AvgIpc) is 2.32. The summed E-state index contributed by atoms with van der Waals surface area (Å²) in [5.41, 5.74) is 5.36. The van der Waals surface area contributed by atoms with Gasteiger partial charge in [-0.1, -0.05) is 25.6 Å². The first-order valence-electron chi connectivity index (χ1n) is 6.41. The van der Waals surface area contributed by atoms with Crippen molar-refractivity contribution >= 4 is 18.8 Å². The molecule has 1 heterocycles. The Morgan fingerprint density at radius 1 is 1.16 bits per heavy atom. The summed E-state index contributed by atoms with van der Waals surface area (Å²) in [4.78, 5) is 12.1. The number of nitrogens with zero attached hydrogens (tertiary/aromatic N) is 1. The average molecular weight is 269 g/mol. The van der Waals surface area contributed by atoms with Crippen LogP contribution in [-0.4, -0.2) is 12.6 Å². The highest BCUT2D eigenvalue weighted by Crippen LogP contribution is 2.14. The molecule has 1 aromatic heterocycles. The summed E-state index contributed by atoms with van der Waals surface area (Å²) >= 11 is 0. The smallest absolute Gasteiger partial charge is 0.258 e. The SMILES string of the molecule is Cc1cc2cc(C#C[Si](C)(C)C)ccc2c(=O)n1C. The van der Waals surface area contributed by atoms with Crippen LogP contribution in [0.4, 0.5) is 0 Å². The first-order chi connectivity index (χ1) is 8.78. The summed E-state index contributed by atoms with van der Waals surface area (Å²) in [6.45, 7) is 8.62. The van der Waals surface area contributed by atoms with Crippen LogP contribution in [-0.2, 0) is 7.05 Å². The van der Waals surface area contributed by atoms with Crippen LogP contribution in [0.15, 0.2) is 29.1 Å². The molecular formula is C16H19NOSi. The molecule has 0 unspecified atom stereocenters. The third kappa shape index (κ3) is 2.97. The summed E-state index contributed by atoms with van der Waals surface area (Å²) < 4.78 is 1.68. The van der Waals surface area contributed by atoms with Gasteiger partial charge >= 0.3 is 0 Å². The standard InChI is InChI=1S/C16H19NOSi/c1-12-10-14-11-13(8-9-19(3,4)5)6-7-15(14)16(18)17(12)2/h6-7,10-11H,1-5H3. The van der Waals surface area contributed by atoms with E-state index >= 15 is 0 Å². The Hall–Kier alpha value is -1.79. The van der Waals surface area contributed by atoms with E-state index < -0.39 is 8.07 Å². The third-order valence-corrected chi connectivity index (χ3v) is 3.94. The van der Waals surface area contributed by atoms with E-state index in [-0.39, 0.29) is 5.56 Å². The molecule has 3 heteroatoms. The molecule has 1 aromatic carbocycles. The number of rotatable bonds is 0. The van der Waals surface area contributed by atoms with E-state index in [1.54, 1.807) is 11.6 Å². The molecule has 0 radical (unpaired) electrons. The van der Waals surface area contributed by atoms with Gasteiger partial charge in [-0.15, -0.1) is 5.54 Å². The van der Waals surface area contributed by atoms with Gasteiger partial charge in [0.2, 0.25) is 0 Å². The number of hydrogen-bond acceptors (Lipinski definition) is 1. The second-order valence-electron chi connectivity index (χ2n) is 5.95. The lowest BCUT2D eigenvalue weighted by atomic mass is 10.1. The van der Waals surface area contributed by atoms with Crippen molar-refractivity contribution in [2.75, 3.05) is 0 Å². The maximum absolute atomic E-state index is 12.1. The minimum atomic E-state index is -1.37. The molecule has 0 spiro atoms. The highest BCUT2D eigenvalue weighted by molar-refractivity contribution is 6.83. The van der Waals surface area contributed by atoms with Crippen LogP contribution < -0.4 is 5.56 Å². The van der Waals surface area contributed by atoms with Crippen LogP contribution in [0.1, 0.15) is 11.3 Å². The second-order valence-corrected chi connectivity index (χ2v) is 10.7. The number of hydrogen-bond donors (Lipinski definition) is 0. The predicted molar refractivity (Wildman–Crippen MR) is 84.2 cm³/mol. The molecule has 0 aliphatic carbocycles. The molecule has 0 bridgehead atoms. The zero-order valence-corrected chi connectivity index (χ0v) is 13.2. The van der Waals surface area contributed by atoms with Crippen molar-refractivity contribution in [2.45, 2.75) is 26.6 Å². The summed E-state index contributed by atoms with van der Waals surface area (Å²) in [5, 5.41) is 1.73. The van der Waals surface area contributed by atoms with E-state index in [1.807, 2.05) is 31.2 Å². The molecule has 2 nitrogen and oxygen atoms in total. The van der Waals surface area contributed by atoms with Crippen LogP contribution in [0, 0.1) is 18.4 Å². The monoisotopic (exact) mass is 269 g/mol. The Morgan fingerprint density at radius 3 is 2.47 bits per heavy atom. The van der Waals surface area contributed by atoms with Gasteiger partial charge in [-0.05, 0) is 36.6 Å². The van der Waals surface area contributed by atoms with Crippen LogP contribution >= 0.6 is 0 Å². The van der Waals surface area contributed by atoms with E-state index in [2.05, 4.69) is 31.1 Å². The lowest BCUT2D eigenvalue weighted by molar-refractivity contribution is 0.830. The minimum absolute atomic E-state index is 0.0553. The van der Waals surface area contributed by atoms with Gasteiger partial charge in [0.15, 0.2) is 0 Å². The second kappa shape index (κ2) is 4.71. The summed E-state index contributed by atoms with van der Waals surface area (Å²) in [5.74, 6) is 3.23. The van der Waals surface area contributed by atoms with E-state index in [9.17, 15) is 4.79 Å². The molecule has 0 N–H and O–H groups in total. The van der Waals surface area contributed by atoms with Gasteiger partial charge < -0.3 is 4.57 Å². The number of pyridine rings is 1. The fraction of sp³-hybridized carbons (Fsp3) is 0.312. The van der Waals surface area contributed by atoms with Gasteiger partial charge in [-0.3, -0.25) is 4.79 Å². The van der Waals surface area contributed by atoms with Gasteiger partial charge in [0.05, 0.1) is 0 Å². The number of benzene rings is 1. The van der Waals surface area contributed by atoms with Crippen molar-refractivity contribution in [1.29, 1.82) is 0 Å². The Balaban J connectivity index is 2.62. The van der Waals surface area contributed by atoms with Crippen LogP contribution in [0.5, 0.6) is 0 Å². The fourth-order valence-corrected chi connectivity index (χ4v) is 2.40. The molecule has 0 saturated heterocycles. The highest BCUT2D eigenvalue weighted by Gasteiger charge is 2.08. The lowest BCUT2D eigenvalue weighted by Crippen LogP contribution is -2.18. The molecule has 2 aromatic rings. The first kappa shape index (κ1) is 13.6. The van der Waals surface area contributed by atoms with Crippen molar-refractivity contribution in [3.63, 3.8) is 0 Å². The number of aromatic nitrogens is 1. The van der Waals surface area contributed by atoms with Gasteiger partial charge in [0.1, 0.15) is 8.07 Å². The molecule has 0 aliphatic rings. The number of aryl methyl sites for hydroxylation is 1. The molecule has 0 saturated carbocycles. The van der Waals surface area contributed by atoms with Gasteiger partial charge in [0, 0.05) is 23.7 Å². The zero-order valence-electron chi connectivity index (χ0n) is 12.2. The van der Waals surface area contributed by atoms with Gasteiger partial charge in [-0.25, -0.2) is 0 Å². The minimum Gasteiger partial charge on any atom is -0.315 e. The van der Waals surface area contributed by atoms with E-state index in [1.165, 1.54) is 0 Å². The molecule has 0 aliphatic heterocycles. The van der Waals surface area contributed by atoms with Crippen LogP contribution in [0.3, 0.4) is 0 Å². The largest absolute Gasteiger partial charge is 0.315 e. The molecule has 98 valence electrons. The topological polar surface area (TPSA) is 22.0 Å². The van der Waals surface area contributed by atoms with E-state index in [0.29, 0.717) is 0 Å². The van der Waals surface area contributed by atoms with E-state index in [4.69, 9.17) is 0 Å². The van der Waals surface area contributed by atoms with Crippen molar-refractivity contribution in [3.05, 3.63) is 45.9 Å². The molecular weight excluding hydrogens is 250 g/mol. The first-order valence-corrected chi connectivity index (χ1v) is 9.91.